The first kappa shape index (κ1) is 19.5. The first-order valence-electron chi connectivity index (χ1n) is 9.88. The van der Waals surface area contributed by atoms with Gasteiger partial charge < -0.3 is 20.1 Å². The number of aromatic nitrogens is 3. The van der Waals surface area contributed by atoms with E-state index in [9.17, 15) is 10.1 Å². The van der Waals surface area contributed by atoms with E-state index in [-0.39, 0.29) is 17.3 Å². The average Bonchev–Trinajstić information content (AvgIpc) is 2.79. The fraction of sp³-hybridized carbons (Fsp3) is 0.136. The van der Waals surface area contributed by atoms with Gasteiger partial charge in [-0.15, -0.1) is 0 Å². The highest BCUT2D eigenvalue weighted by Gasteiger charge is 2.24. The summed E-state index contributed by atoms with van der Waals surface area (Å²) in [5, 5.41) is 18.9. The summed E-state index contributed by atoms with van der Waals surface area (Å²) in [5.41, 5.74) is 2.43. The SMILES string of the molecule is Cc1ccc2cccc(Nc3ncnc(Nc4ccc5c(c4)OCCO5)c3[N+](=O)[O-])c2n1. The molecule has 2 aromatic carbocycles. The summed E-state index contributed by atoms with van der Waals surface area (Å²) < 4.78 is 11.1. The zero-order chi connectivity index (χ0) is 22.1. The number of para-hydroxylation sites is 1. The normalized spacial score (nSPS) is 12.4. The van der Waals surface area contributed by atoms with Gasteiger partial charge in [0, 0.05) is 22.8 Å². The molecule has 0 fully saturated rings. The van der Waals surface area contributed by atoms with Crippen LogP contribution in [0, 0.1) is 17.0 Å². The maximum Gasteiger partial charge on any atom is 0.353 e. The number of nitrogens with one attached hydrogen (secondary N) is 2. The molecule has 160 valence electrons. The Morgan fingerprint density at radius 1 is 0.969 bits per heavy atom. The summed E-state index contributed by atoms with van der Waals surface area (Å²) >= 11 is 0. The maximum atomic E-state index is 12.0. The molecule has 1 aliphatic rings. The van der Waals surface area contributed by atoms with Crippen LogP contribution in [-0.2, 0) is 0 Å². The van der Waals surface area contributed by atoms with E-state index >= 15 is 0 Å². The molecule has 10 nitrogen and oxygen atoms in total. The first-order chi connectivity index (χ1) is 15.6. The summed E-state index contributed by atoms with van der Waals surface area (Å²) in [5.74, 6) is 1.29. The van der Waals surface area contributed by atoms with Gasteiger partial charge in [0.05, 0.1) is 16.1 Å². The number of anilines is 4. The molecule has 0 radical (unpaired) electrons. The number of pyridine rings is 1. The molecule has 32 heavy (non-hydrogen) atoms. The third-order valence-corrected chi connectivity index (χ3v) is 4.92. The van der Waals surface area contributed by atoms with Gasteiger partial charge in [0.2, 0.25) is 11.6 Å². The summed E-state index contributed by atoms with van der Waals surface area (Å²) in [6.07, 6.45) is 1.26. The summed E-state index contributed by atoms with van der Waals surface area (Å²) in [6, 6.07) is 14.6. The largest absolute Gasteiger partial charge is 0.486 e. The molecule has 1 aliphatic heterocycles. The Hall–Kier alpha value is -4.47. The molecule has 0 bridgehead atoms. The Kier molecular flexibility index (Phi) is 4.86. The Balaban J connectivity index is 1.52. The minimum Gasteiger partial charge on any atom is -0.486 e. The van der Waals surface area contributed by atoms with Crippen molar-refractivity contribution in [2.45, 2.75) is 6.92 Å². The lowest BCUT2D eigenvalue weighted by atomic mass is 10.1. The van der Waals surface area contributed by atoms with E-state index in [1.54, 1.807) is 24.3 Å². The zero-order valence-corrected chi connectivity index (χ0v) is 17.0. The van der Waals surface area contributed by atoms with E-state index < -0.39 is 4.92 Å². The van der Waals surface area contributed by atoms with Crippen LogP contribution >= 0.6 is 0 Å². The number of fused-ring (bicyclic) bond motifs is 2. The van der Waals surface area contributed by atoms with Crippen LogP contribution in [-0.4, -0.2) is 33.1 Å². The minimum absolute atomic E-state index is 0.0496. The van der Waals surface area contributed by atoms with Gasteiger partial charge in [-0.1, -0.05) is 18.2 Å². The predicted molar refractivity (Wildman–Crippen MR) is 119 cm³/mol. The number of nitrogens with zero attached hydrogens (tertiary/aromatic N) is 4. The van der Waals surface area contributed by atoms with Crippen LogP contribution in [0.2, 0.25) is 0 Å². The van der Waals surface area contributed by atoms with Crippen LogP contribution in [0.4, 0.5) is 28.7 Å². The lowest BCUT2D eigenvalue weighted by Crippen LogP contribution is -2.15. The number of nitro groups is 1. The quantitative estimate of drug-likeness (QED) is 0.348. The van der Waals surface area contributed by atoms with Crippen molar-refractivity contribution in [3.05, 3.63) is 70.7 Å². The highest BCUT2D eigenvalue weighted by Crippen LogP contribution is 2.37. The summed E-state index contributed by atoms with van der Waals surface area (Å²) in [4.78, 5) is 24.2. The van der Waals surface area contributed by atoms with Crippen LogP contribution in [0.15, 0.2) is 54.9 Å². The lowest BCUT2D eigenvalue weighted by Gasteiger charge is -2.19. The second kappa shape index (κ2) is 7.99. The van der Waals surface area contributed by atoms with E-state index in [0.29, 0.717) is 41.6 Å². The van der Waals surface area contributed by atoms with Gasteiger partial charge in [0.15, 0.2) is 11.5 Å². The molecule has 0 atom stereocenters. The molecule has 3 heterocycles. The smallest absolute Gasteiger partial charge is 0.353 e. The number of hydrogen-bond donors (Lipinski definition) is 2. The third-order valence-electron chi connectivity index (χ3n) is 4.92. The van der Waals surface area contributed by atoms with E-state index in [2.05, 4.69) is 25.6 Å². The number of benzene rings is 2. The summed E-state index contributed by atoms with van der Waals surface area (Å²) in [7, 11) is 0. The van der Waals surface area contributed by atoms with Gasteiger partial charge in [-0.3, -0.25) is 15.1 Å². The molecule has 10 heteroatoms. The zero-order valence-electron chi connectivity index (χ0n) is 17.0. The van der Waals surface area contributed by atoms with Crippen LogP contribution in [0.3, 0.4) is 0 Å². The maximum absolute atomic E-state index is 12.0. The van der Waals surface area contributed by atoms with Crippen molar-refractivity contribution < 1.29 is 14.4 Å². The average molecular weight is 430 g/mol. The first-order valence-corrected chi connectivity index (χ1v) is 9.88. The molecule has 2 aromatic heterocycles. The van der Waals surface area contributed by atoms with Crippen molar-refractivity contribution in [2.24, 2.45) is 0 Å². The summed E-state index contributed by atoms with van der Waals surface area (Å²) in [6.45, 7) is 2.81. The Labute approximate surface area is 182 Å². The van der Waals surface area contributed by atoms with E-state index in [1.807, 2.05) is 31.2 Å². The molecular formula is C22H18N6O4. The Morgan fingerprint density at radius 3 is 2.56 bits per heavy atom. The third kappa shape index (κ3) is 3.69. The van der Waals surface area contributed by atoms with Gasteiger partial charge >= 0.3 is 5.69 Å². The van der Waals surface area contributed by atoms with E-state index in [0.717, 1.165) is 11.1 Å². The Morgan fingerprint density at radius 2 is 1.75 bits per heavy atom. The number of rotatable bonds is 5. The fourth-order valence-electron chi connectivity index (χ4n) is 3.47. The number of hydrogen-bond acceptors (Lipinski definition) is 9. The highest BCUT2D eigenvalue weighted by molar-refractivity contribution is 5.93. The van der Waals surface area contributed by atoms with Crippen LogP contribution in [0.1, 0.15) is 5.69 Å². The second-order valence-corrected chi connectivity index (χ2v) is 7.11. The van der Waals surface area contributed by atoms with Gasteiger partial charge in [-0.25, -0.2) is 9.97 Å². The van der Waals surface area contributed by atoms with Crippen molar-refractivity contribution >= 4 is 39.6 Å². The molecular weight excluding hydrogens is 412 g/mol. The second-order valence-electron chi connectivity index (χ2n) is 7.11. The van der Waals surface area contributed by atoms with Crippen LogP contribution in [0.5, 0.6) is 11.5 Å². The van der Waals surface area contributed by atoms with Gasteiger partial charge in [0.1, 0.15) is 19.5 Å². The predicted octanol–water partition coefficient (Wildman–Crippen LogP) is 4.50. The van der Waals surface area contributed by atoms with E-state index in [1.165, 1.54) is 6.33 Å². The van der Waals surface area contributed by atoms with Crippen molar-refractivity contribution in [2.75, 3.05) is 23.8 Å². The molecule has 0 saturated carbocycles. The minimum atomic E-state index is -0.521. The van der Waals surface area contributed by atoms with Gasteiger partial charge in [-0.05, 0) is 31.2 Å². The molecule has 0 unspecified atom stereocenters. The number of aryl methyl sites for hydroxylation is 1. The highest BCUT2D eigenvalue weighted by atomic mass is 16.6. The molecule has 0 saturated heterocycles. The van der Waals surface area contributed by atoms with Crippen molar-refractivity contribution in [1.82, 2.24) is 15.0 Å². The molecule has 5 rings (SSSR count). The van der Waals surface area contributed by atoms with Crippen LogP contribution < -0.4 is 20.1 Å². The number of ether oxygens (including phenoxy) is 2. The monoisotopic (exact) mass is 430 g/mol. The van der Waals surface area contributed by atoms with Crippen LogP contribution in [0.25, 0.3) is 10.9 Å². The van der Waals surface area contributed by atoms with Crippen molar-refractivity contribution in [3.8, 4) is 11.5 Å². The molecule has 0 amide bonds. The molecule has 4 aromatic rings. The molecule has 0 aliphatic carbocycles. The standard InChI is InChI=1S/C22H18N6O4/c1-13-5-6-14-3-2-4-16(19(14)25-13)27-22-20(28(29)30)21(23-12-24-22)26-15-7-8-17-18(11-15)32-10-9-31-17/h2-8,11-12H,9-10H2,1H3,(H2,23,24,26,27). The topological polar surface area (TPSA) is 124 Å². The Bertz CT molecular complexity index is 1340. The van der Waals surface area contributed by atoms with Gasteiger partial charge in [0.25, 0.3) is 0 Å². The van der Waals surface area contributed by atoms with Gasteiger partial charge in [-0.2, -0.15) is 0 Å². The van der Waals surface area contributed by atoms with Crippen molar-refractivity contribution in [1.29, 1.82) is 0 Å². The molecule has 0 spiro atoms. The molecule has 2 N–H and O–H groups in total. The van der Waals surface area contributed by atoms with Crippen molar-refractivity contribution in [3.63, 3.8) is 0 Å². The lowest BCUT2D eigenvalue weighted by molar-refractivity contribution is -0.383. The van der Waals surface area contributed by atoms with E-state index in [4.69, 9.17) is 9.47 Å². The fourth-order valence-corrected chi connectivity index (χ4v) is 3.47.